The summed E-state index contributed by atoms with van der Waals surface area (Å²) in [5.41, 5.74) is 2.44. The van der Waals surface area contributed by atoms with E-state index < -0.39 is 22.0 Å². The smallest absolute Gasteiger partial charge is 0.262 e. The Labute approximate surface area is 189 Å². The number of nitrogens with zero attached hydrogens (tertiary/aromatic N) is 2. The highest BCUT2D eigenvalue weighted by Crippen LogP contribution is 2.32. The standard InChI is InChI=1S/C23H31N3O5S/c1-31-20-9-11-21(12-10-20)32(29,30)26(17-18-13-15-24-16-14-18)22(23(27)25-28)19-7-5-3-2-4-6-8-19/h9-16,19,22,28H,2-8,17H2,1H3,(H,25,27). The topological polar surface area (TPSA) is 109 Å². The van der Waals surface area contributed by atoms with Gasteiger partial charge in [0.05, 0.1) is 12.0 Å². The fourth-order valence-corrected chi connectivity index (χ4v) is 5.97. The molecule has 0 radical (unpaired) electrons. The Balaban J connectivity index is 2.05. The van der Waals surface area contributed by atoms with E-state index >= 15 is 0 Å². The predicted molar refractivity (Wildman–Crippen MR) is 119 cm³/mol. The summed E-state index contributed by atoms with van der Waals surface area (Å²) in [6.07, 6.45) is 9.73. The predicted octanol–water partition coefficient (Wildman–Crippen LogP) is 3.52. The number of ether oxygens (including phenoxy) is 1. The number of rotatable bonds is 8. The number of nitrogens with one attached hydrogen (secondary N) is 1. The fraction of sp³-hybridized carbons (Fsp3) is 0.478. The number of aromatic nitrogens is 1. The Morgan fingerprint density at radius 3 is 2.25 bits per heavy atom. The summed E-state index contributed by atoms with van der Waals surface area (Å²) in [6.45, 7) is -0.00846. The van der Waals surface area contributed by atoms with Crippen LogP contribution in [0.15, 0.2) is 53.7 Å². The van der Waals surface area contributed by atoms with E-state index in [1.54, 1.807) is 42.1 Å². The van der Waals surface area contributed by atoms with Crippen LogP contribution in [0.4, 0.5) is 0 Å². The van der Waals surface area contributed by atoms with Crippen LogP contribution in [-0.4, -0.2) is 42.0 Å². The van der Waals surface area contributed by atoms with E-state index in [2.05, 4.69) is 4.98 Å². The second-order valence-corrected chi connectivity index (χ2v) is 10.00. The SMILES string of the molecule is COc1ccc(S(=O)(=O)N(Cc2ccncc2)C(C(=O)NO)C2CCCCCCC2)cc1. The molecule has 1 aromatic heterocycles. The van der Waals surface area contributed by atoms with Crippen LogP contribution in [0.25, 0.3) is 0 Å². The van der Waals surface area contributed by atoms with Gasteiger partial charge in [-0.1, -0.05) is 32.1 Å². The molecule has 0 spiro atoms. The van der Waals surface area contributed by atoms with Crippen molar-refractivity contribution >= 4 is 15.9 Å². The first-order chi connectivity index (χ1) is 15.5. The molecule has 0 bridgehead atoms. The molecule has 1 atom stereocenters. The summed E-state index contributed by atoms with van der Waals surface area (Å²) >= 11 is 0. The summed E-state index contributed by atoms with van der Waals surface area (Å²) in [5, 5.41) is 9.53. The summed E-state index contributed by atoms with van der Waals surface area (Å²) < 4.78 is 34.0. The van der Waals surface area contributed by atoms with Gasteiger partial charge < -0.3 is 4.74 Å². The van der Waals surface area contributed by atoms with Crippen molar-refractivity contribution < 1.29 is 23.2 Å². The van der Waals surface area contributed by atoms with Gasteiger partial charge in [0.25, 0.3) is 5.91 Å². The van der Waals surface area contributed by atoms with Gasteiger partial charge in [-0.25, -0.2) is 13.9 Å². The minimum atomic E-state index is -4.06. The minimum Gasteiger partial charge on any atom is -0.497 e. The van der Waals surface area contributed by atoms with Gasteiger partial charge in [-0.2, -0.15) is 4.31 Å². The maximum atomic E-state index is 13.8. The highest BCUT2D eigenvalue weighted by molar-refractivity contribution is 7.89. The molecule has 1 aliphatic rings. The molecule has 1 fully saturated rings. The second-order valence-electron chi connectivity index (χ2n) is 8.11. The summed E-state index contributed by atoms with van der Waals surface area (Å²) in [4.78, 5) is 17.0. The molecule has 3 rings (SSSR count). The highest BCUT2D eigenvalue weighted by atomic mass is 32.2. The van der Waals surface area contributed by atoms with Crippen molar-refractivity contribution in [3.63, 3.8) is 0 Å². The van der Waals surface area contributed by atoms with Crippen molar-refractivity contribution in [3.05, 3.63) is 54.4 Å². The maximum absolute atomic E-state index is 13.8. The molecular weight excluding hydrogens is 430 g/mol. The van der Waals surface area contributed by atoms with Crippen LogP contribution in [0, 0.1) is 5.92 Å². The average Bonchev–Trinajstić information content (AvgIpc) is 2.80. The van der Waals surface area contributed by atoms with E-state index in [1.807, 2.05) is 0 Å². The van der Waals surface area contributed by atoms with E-state index in [0.717, 1.165) is 44.9 Å². The zero-order chi connectivity index (χ0) is 23.0. The van der Waals surface area contributed by atoms with Crippen LogP contribution in [0.2, 0.25) is 0 Å². The van der Waals surface area contributed by atoms with Gasteiger partial charge in [0, 0.05) is 18.9 Å². The Morgan fingerprint density at radius 1 is 1.09 bits per heavy atom. The van der Waals surface area contributed by atoms with Crippen LogP contribution in [0.5, 0.6) is 5.75 Å². The number of hydroxylamine groups is 1. The molecule has 2 N–H and O–H groups in total. The van der Waals surface area contributed by atoms with Crippen molar-refractivity contribution in [2.24, 2.45) is 5.92 Å². The molecule has 0 aliphatic heterocycles. The number of sulfonamides is 1. The van der Waals surface area contributed by atoms with Crippen LogP contribution in [-0.2, 0) is 21.4 Å². The number of carbonyl (C=O) groups excluding carboxylic acids is 1. The Hall–Kier alpha value is -2.49. The molecule has 1 aliphatic carbocycles. The number of carbonyl (C=O) groups is 1. The Morgan fingerprint density at radius 2 is 1.69 bits per heavy atom. The van der Waals surface area contributed by atoms with Crippen molar-refractivity contribution in [1.29, 1.82) is 0 Å². The van der Waals surface area contributed by atoms with Crippen LogP contribution in [0.1, 0.15) is 50.5 Å². The van der Waals surface area contributed by atoms with Gasteiger partial charge in [0.1, 0.15) is 11.8 Å². The van der Waals surface area contributed by atoms with E-state index in [-0.39, 0.29) is 17.4 Å². The third kappa shape index (κ3) is 5.85. The molecule has 1 heterocycles. The summed E-state index contributed by atoms with van der Waals surface area (Å²) in [5.74, 6) is -0.367. The third-order valence-electron chi connectivity index (χ3n) is 6.04. The first-order valence-electron chi connectivity index (χ1n) is 11.0. The van der Waals surface area contributed by atoms with E-state index in [0.29, 0.717) is 11.3 Å². The molecule has 1 unspecified atom stereocenters. The highest BCUT2D eigenvalue weighted by Gasteiger charge is 2.40. The quantitative estimate of drug-likeness (QED) is 0.460. The Kier molecular flexibility index (Phi) is 8.60. The number of amides is 1. The molecule has 0 saturated heterocycles. The number of hydrogen-bond acceptors (Lipinski definition) is 6. The van der Waals surface area contributed by atoms with E-state index in [4.69, 9.17) is 4.74 Å². The Bertz CT molecular complexity index is 959. The van der Waals surface area contributed by atoms with Gasteiger partial charge in [0.2, 0.25) is 10.0 Å². The van der Waals surface area contributed by atoms with Gasteiger partial charge in [-0.15, -0.1) is 0 Å². The lowest BCUT2D eigenvalue weighted by Crippen LogP contribution is -2.52. The monoisotopic (exact) mass is 461 g/mol. The lowest BCUT2D eigenvalue weighted by molar-refractivity contribution is -0.135. The van der Waals surface area contributed by atoms with E-state index in [9.17, 15) is 18.4 Å². The zero-order valence-electron chi connectivity index (χ0n) is 18.3. The van der Waals surface area contributed by atoms with Gasteiger partial charge in [-0.3, -0.25) is 15.0 Å². The molecule has 9 heteroatoms. The van der Waals surface area contributed by atoms with Crippen molar-refractivity contribution in [1.82, 2.24) is 14.8 Å². The molecule has 174 valence electrons. The lowest BCUT2D eigenvalue weighted by Gasteiger charge is -2.35. The van der Waals surface area contributed by atoms with Crippen LogP contribution >= 0.6 is 0 Å². The molecule has 2 aromatic rings. The van der Waals surface area contributed by atoms with Gasteiger partial charge in [-0.05, 0) is 60.7 Å². The number of pyridine rings is 1. The zero-order valence-corrected chi connectivity index (χ0v) is 19.1. The summed E-state index contributed by atoms with van der Waals surface area (Å²) in [6, 6.07) is 8.52. The third-order valence-corrected chi connectivity index (χ3v) is 7.88. The number of hydrogen-bond donors (Lipinski definition) is 2. The molecular formula is C23H31N3O5S. The molecule has 1 saturated carbocycles. The lowest BCUT2D eigenvalue weighted by atomic mass is 9.85. The second kappa shape index (κ2) is 11.4. The molecule has 1 amide bonds. The summed E-state index contributed by atoms with van der Waals surface area (Å²) in [7, 11) is -2.55. The van der Waals surface area contributed by atoms with Crippen molar-refractivity contribution in [2.75, 3.05) is 7.11 Å². The van der Waals surface area contributed by atoms with Crippen molar-refractivity contribution in [3.8, 4) is 5.75 Å². The van der Waals surface area contributed by atoms with Crippen LogP contribution in [0.3, 0.4) is 0 Å². The van der Waals surface area contributed by atoms with Gasteiger partial charge >= 0.3 is 0 Å². The van der Waals surface area contributed by atoms with E-state index in [1.165, 1.54) is 23.5 Å². The molecule has 1 aromatic carbocycles. The van der Waals surface area contributed by atoms with Gasteiger partial charge in [0.15, 0.2) is 0 Å². The normalized spacial score (nSPS) is 16.7. The average molecular weight is 462 g/mol. The first kappa shape index (κ1) is 24.2. The first-order valence-corrected chi connectivity index (χ1v) is 12.4. The fourth-order valence-electron chi connectivity index (χ4n) is 4.33. The molecule has 8 nitrogen and oxygen atoms in total. The minimum absolute atomic E-state index is 0.00846. The molecule has 32 heavy (non-hydrogen) atoms. The van der Waals surface area contributed by atoms with Crippen molar-refractivity contribution in [2.45, 2.75) is 62.4 Å². The number of methoxy groups -OCH3 is 1. The number of benzene rings is 1. The van der Waals surface area contributed by atoms with Crippen LogP contribution < -0.4 is 10.2 Å². The largest absolute Gasteiger partial charge is 0.497 e. The maximum Gasteiger partial charge on any atom is 0.262 e.